The molecule has 76 valence electrons. The van der Waals surface area contributed by atoms with Gasteiger partial charge in [-0.25, -0.2) is 0 Å². The minimum atomic E-state index is -0.982. The first kappa shape index (κ1) is 11.2. The lowest BCUT2D eigenvalue weighted by molar-refractivity contribution is 0.609. The van der Waals surface area contributed by atoms with Gasteiger partial charge in [0.25, 0.3) is 0 Å². The Morgan fingerprint density at radius 1 is 1.38 bits per heavy atom. The van der Waals surface area contributed by atoms with E-state index in [2.05, 4.69) is 30.9 Å². The van der Waals surface area contributed by atoms with Crippen molar-refractivity contribution in [2.45, 2.75) is 50.6 Å². The Bertz CT molecular complexity index is 196. The summed E-state index contributed by atoms with van der Waals surface area (Å²) in [6, 6.07) is 0. The largest absolute Gasteiger partial charge is 0.405 e. The summed E-state index contributed by atoms with van der Waals surface area (Å²) in [4.78, 5) is 0. The molecular weight excluding hydrogens is 194 g/mol. The Kier molecular flexibility index (Phi) is 3.92. The summed E-state index contributed by atoms with van der Waals surface area (Å²) in [7, 11) is -0.982. The highest BCUT2D eigenvalue weighted by molar-refractivity contribution is 8.29. The third kappa shape index (κ3) is 3.77. The molecule has 0 aromatic carbocycles. The van der Waals surface area contributed by atoms with Crippen LogP contribution in [0.3, 0.4) is 0 Å². The molecule has 0 aromatic heterocycles. The first-order chi connectivity index (χ1) is 6.03. The van der Waals surface area contributed by atoms with Gasteiger partial charge in [-0.2, -0.15) is 11.2 Å². The molecule has 1 aliphatic carbocycles. The van der Waals surface area contributed by atoms with Crippen LogP contribution in [0.4, 0.5) is 0 Å². The summed E-state index contributed by atoms with van der Waals surface area (Å²) < 4.78 is 0. The molecule has 0 heterocycles. The van der Waals surface area contributed by atoms with Crippen LogP contribution in [0, 0.1) is 0 Å². The minimum Gasteiger partial charge on any atom is -0.405 e. The number of nitrogens with two attached hydrogens (primary N) is 1. The van der Waals surface area contributed by atoms with Crippen molar-refractivity contribution in [2.75, 3.05) is 0 Å². The van der Waals surface area contributed by atoms with E-state index in [0.29, 0.717) is 0 Å². The van der Waals surface area contributed by atoms with Crippen LogP contribution in [0.25, 0.3) is 0 Å². The fourth-order valence-electron chi connectivity index (χ4n) is 1.76. The van der Waals surface area contributed by atoms with E-state index in [0.717, 1.165) is 5.25 Å². The maximum absolute atomic E-state index is 5.65. The lowest BCUT2D eigenvalue weighted by Crippen LogP contribution is -2.24. The zero-order valence-corrected chi connectivity index (χ0v) is 10.8. The van der Waals surface area contributed by atoms with Gasteiger partial charge in [0.15, 0.2) is 0 Å². The summed E-state index contributed by atoms with van der Waals surface area (Å²) in [6.45, 7) is 7.25. The van der Waals surface area contributed by atoms with E-state index < -0.39 is 7.22 Å². The van der Waals surface area contributed by atoms with Gasteiger partial charge in [0.05, 0.1) is 0 Å². The molecule has 1 fully saturated rings. The van der Waals surface area contributed by atoms with Gasteiger partial charge in [0, 0.05) is 5.25 Å². The normalized spacial score (nSPS) is 27.9. The zero-order valence-electron chi connectivity index (χ0n) is 8.97. The maximum atomic E-state index is 5.65. The lowest BCUT2D eigenvalue weighted by atomic mass is 9.95. The molecule has 0 saturated heterocycles. The van der Waals surface area contributed by atoms with Crippen molar-refractivity contribution in [3.8, 4) is 0 Å². The van der Waals surface area contributed by atoms with Crippen LogP contribution in [-0.4, -0.2) is 12.5 Å². The van der Waals surface area contributed by atoms with Crippen molar-refractivity contribution in [3.05, 3.63) is 11.8 Å². The van der Waals surface area contributed by atoms with Crippen molar-refractivity contribution in [3.63, 3.8) is 0 Å². The topological polar surface area (TPSA) is 26.0 Å². The third-order valence-corrected chi connectivity index (χ3v) is 6.81. The average Bonchev–Trinajstić information content (AvgIpc) is 2.02. The SMILES string of the molecule is C[Si](C)(C)SC1CCCCC1=CN. The fraction of sp³-hybridized carbons (Fsp3) is 0.800. The van der Waals surface area contributed by atoms with Crippen molar-refractivity contribution >= 4 is 18.4 Å². The van der Waals surface area contributed by atoms with E-state index in [9.17, 15) is 0 Å². The molecule has 1 saturated carbocycles. The quantitative estimate of drug-likeness (QED) is 0.715. The van der Waals surface area contributed by atoms with Crippen LogP contribution in [0.2, 0.25) is 19.6 Å². The van der Waals surface area contributed by atoms with E-state index in [1.807, 2.05) is 6.20 Å². The first-order valence-electron chi connectivity index (χ1n) is 5.11. The fourth-order valence-corrected chi connectivity index (χ4v) is 6.61. The Labute approximate surface area is 86.8 Å². The monoisotopic (exact) mass is 215 g/mol. The van der Waals surface area contributed by atoms with Crippen LogP contribution in [0.5, 0.6) is 0 Å². The van der Waals surface area contributed by atoms with E-state index in [-0.39, 0.29) is 0 Å². The third-order valence-electron chi connectivity index (χ3n) is 2.31. The summed E-state index contributed by atoms with van der Waals surface area (Å²) in [5.41, 5.74) is 7.15. The first-order valence-corrected chi connectivity index (χ1v) is 10.2. The zero-order chi connectivity index (χ0) is 9.90. The van der Waals surface area contributed by atoms with Crippen molar-refractivity contribution < 1.29 is 0 Å². The van der Waals surface area contributed by atoms with Gasteiger partial charge < -0.3 is 5.73 Å². The second-order valence-corrected chi connectivity index (χ2v) is 14.1. The molecule has 1 aliphatic rings. The molecule has 1 unspecified atom stereocenters. The highest BCUT2D eigenvalue weighted by Gasteiger charge is 2.25. The molecule has 0 radical (unpaired) electrons. The van der Waals surface area contributed by atoms with Gasteiger partial charge in [-0.05, 0) is 31.0 Å². The minimum absolute atomic E-state index is 0.741. The Hall–Kier alpha value is 0.107. The van der Waals surface area contributed by atoms with E-state index >= 15 is 0 Å². The predicted molar refractivity (Wildman–Crippen MR) is 65.5 cm³/mol. The summed E-state index contributed by atoms with van der Waals surface area (Å²) >= 11 is 2.20. The molecule has 13 heavy (non-hydrogen) atoms. The lowest BCUT2D eigenvalue weighted by Gasteiger charge is -2.29. The van der Waals surface area contributed by atoms with Crippen molar-refractivity contribution in [1.82, 2.24) is 0 Å². The van der Waals surface area contributed by atoms with Crippen LogP contribution in [0.15, 0.2) is 11.8 Å². The predicted octanol–water partition coefficient (Wildman–Crippen LogP) is 3.34. The van der Waals surface area contributed by atoms with Gasteiger partial charge >= 0.3 is 0 Å². The molecule has 1 atom stereocenters. The van der Waals surface area contributed by atoms with Gasteiger partial charge in [-0.1, -0.05) is 26.1 Å². The van der Waals surface area contributed by atoms with Crippen molar-refractivity contribution in [1.29, 1.82) is 0 Å². The Balaban J connectivity index is 2.56. The van der Waals surface area contributed by atoms with E-state index in [1.165, 1.54) is 31.3 Å². The summed E-state index contributed by atoms with van der Waals surface area (Å²) in [5, 5.41) is 0.741. The van der Waals surface area contributed by atoms with Crippen LogP contribution < -0.4 is 5.73 Å². The van der Waals surface area contributed by atoms with Gasteiger partial charge in [0.1, 0.15) is 7.22 Å². The second-order valence-electron chi connectivity index (χ2n) is 4.71. The highest BCUT2D eigenvalue weighted by atomic mass is 32.4. The molecule has 0 aromatic rings. The molecular formula is C10H21NSSi. The number of hydrogen-bond acceptors (Lipinski definition) is 2. The molecule has 0 amide bonds. The molecule has 1 nitrogen and oxygen atoms in total. The molecule has 0 spiro atoms. The molecule has 3 heteroatoms. The highest BCUT2D eigenvalue weighted by Crippen LogP contribution is 2.37. The van der Waals surface area contributed by atoms with Gasteiger partial charge in [0.2, 0.25) is 0 Å². The smallest absolute Gasteiger partial charge is 0.109 e. The average molecular weight is 215 g/mol. The Morgan fingerprint density at radius 2 is 2.08 bits per heavy atom. The molecule has 0 aliphatic heterocycles. The number of hydrogen-bond donors (Lipinski definition) is 1. The van der Waals surface area contributed by atoms with Crippen LogP contribution >= 0.6 is 11.2 Å². The van der Waals surface area contributed by atoms with Gasteiger partial charge in [-0.15, -0.1) is 0 Å². The maximum Gasteiger partial charge on any atom is 0.109 e. The molecule has 2 N–H and O–H groups in total. The van der Waals surface area contributed by atoms with E-state index in [1.54, 1.807) is 0 Å². The molecule has 1 rings (SSSR count). The second kappa shape index (κ2) is 4.56. The molecule has 0 bridgehead atoms. The number of rotatable bonds is 2. The van der Waals surface area contributed by atoms with Gasteiger partial charge in [-0.3, -0.25) is 0 Å². The summed E-state index contributed by atoms with van der Waals surface area (Å²) in [5.74, 6) is 0. The standard InChI is InChI=1S/C10H21NSSi/c1-13(2,3)12-10-7-5-4-6-9(10)8-11/h8,10H,4-7,11H2,1-3H3. The Morgan fingerprint density at radius 3 is 2.62 bits per heavy atom. The van der Waals surface area contributed by atoms with E-state index in [4.69, 9.17) is 5.73 Å². The van der Waals surface area contributed by atoms with Crippen molar-refractivity contribution in [2.24, 2.45) is 5.73 Å². The summed E-state index contributed by atoms with van der Waals surface area (Å²) in [6.07, 6.45) is 7.17. The van der Waals surface area contributed by atoms with Crippen LogP contribution in [-0.2, 0) is 0 Å². The van der Waals surface area contributed by atoms with Crippen LogP contribution in [0.1, 0.15) is 25.7 Å².